The number of benzene rings is 2. The van der Waals surface area contributed by atoms with E-state index in [0.717, 1.165) is 5.56 Å². The minimum absolute atomic E-state index is 0. The Labute approximate surface area is 381 Å². The maximum atomic E-state index is 12.5. The molecule has 0 fully saturated rings. The average molecular weight is 1400 g/mol. The summed E-state index contributed by atoms with van der Waals surface area (Å²) < 4.78 is -0.464. The van der Waals surface area contributed by atoms with E-state index < -0.39 is 9.74 Å². The zero-order valence-corrected chi connectivity index (χ0v) is 44.0. The minimum atomic E-state index is -0.740. The van der Waals surface area contributed by atoms with Crippen molar-refractivity contribution in [2.75, 3.05) is 0 Å². The predicted molar refractivity (Wildman–Crippen MR) is 255 cm³/mol. The normalized spacial score (nSPS) is 9.57. The predicted octanol–water partition coefficient (Wildman–Crippen LogP) is 13.9. The molecule has 2 heterocycles. The Kier molecular flexibility index (Phi) is 37.7. The van der Waals surface area contributed by atoms with Gasteiger partial charge in [0, 0.05) is 42.3 Å². The van der Waals surface area contributed by atoms with E-state index in [9.17, 15) is 19.2 Å². The first-order chi connectivity index (χ1) is 22.5. The second-order valence-electron chi connectivity index (χ2n) is 10.6. The molecule has 4 rings (SSSR count). The molecule has 0 atom stereocenters. The van der Waals surface area contributed by atoms with Crippen LogP contribution in [-0.2, 0) is 14.4 Å². The summed E-state index contributed by atoms with van der Waals surface area (Å²) in [6.45, 7) is 8.79. The van der Waals surface area contributed by atoms with Crippen LogP contribution in [0.3, 0.4) is 0 Å². The maximum absolute atomic E-state index is 12.5. The first-order valence-corrected chi connectivity index (χ1v) is 37.2. The zero-order chi connectivity index (χ0) is 36.8. The third kappa shape index (κ3) is 27.9. The molecule has 0 radical (unpaired) electrons. The first-order valence-electron chi connectivity index (χ1n) is 13.9. The summed E-state index contributed by atoms with van der Waals surface area (Å²) in [5, 5.41) is 0. The van der Waals surface area contributed by atoms with Gasteiger partial charge in [0.2, 0.25) is 0 Å². The summed E-state index contributed by atoms with van der Waals surface area (Å²) in [5.41, 5.74) is 1.57. The first kappa shape index (κ1) is 58.4. The van der Waals surface area contributed by atoms with Gasteiger partial charge in [0.05, 0.1) is 4.32 Å². The van der Waals surface area contributed by atoms with Crippen LogP contribution in [0.5, 0.6) is 0 Å². The van der Waals surface area contributed by atoms with Crippen molar-refractivity contribution in [3.05, 3.63) is 147 Å². The van der Waals surface area contributed by atoms with Gasteiger partial charge >= 0.3 is 114 Å². The van der Waals surface area contributed by atoms with Crippen molar-refractivity contribution >= 4 is 139 Å². The number of hydrogen-bond acceptors (Lipinski definition) is 6. The van der Waals surface area contributed by atoms with Crippen molar-refractivity contribution in [2.45, 2.75) is 52.8 Å². The van der Waals surface area contributed by atoms with Crippen LogP contribution in [0.15, 0.2) is 109 Å². The molecule has 2 aromatic carbocycles. The molecular formula is C37H45BrI5N2O4V2-2. The monoisotopic (exact) mass is 1400 g/mol. The molecule has 0 saturated heterocycles. The Balaban J connectivity index is -0.000000307. The zero-order valence-electron chi connectivity index (χ0n) is 28.8. The number of hydrogen-bond donors (Lipinski definition) is 0. The second-order valence-corrected chi connectivity index (χ2v) is 59.7. The Morgan fingerprint density at radius 2 is 1.00 bits per heavy atom. The number of Topliss-reactive ketones (excluding diaryl/α,β-unsaturated/α-hetero) is 4. The molecule has 4 aromatic rings. The van der Waals surface area contributed by atoms with Crippen LogP contribution in [-0.4, -0.2) is 37.4 Å². The molecule has 0 bridgehead atoms. The number of pyridine rings is 2. The Morgan fingerprint density at radius 1 is 0.667 bits per heavy atom. The van der Waals surface area contributed by atoms with Crippen molar-refractivity contribution in [3.63, 3.8) is 0 Å². The molecule has 0 spiro atoms. The fourth-order valence-electron chi connectivity index (χ4n) is 3.58. The summed E-state index contributed by atoms with van der Waals surface area (Å²) in [6.07, 6.45) is 3.34. The third-order valence-corrected chi connectivity index (χ3v) is 6.17. The number of carbonyl (C=O) groups is 4. The molecule has 0 unspecified atom stereocenters. The van der Waals surface area contributed by atoms with E-state index in [1.807, 2.05) is 62.4 Å². The molecule has 0 aliphatic heterocycles. The Hall–Kier alpha value is 0.719. The van der Waals surface area contributed by atoms with Gasteiger partial charge < -0.3 is 14.9 Å². The summed E-state index contributed by atoms with van der Waals surface area (Å²) in [4.78, 5) is 54.4. The summed E-state index contributed by atoms with van der Waals surface area (Å²) >= 11 is 15.5. The Bertz CT molecular complexity index is 1520. The summed E-state index contributed by atoms with van der Waals surface area (Å²) in [6, 6.07) is 28.8. The van der Waals surface area contributed by atoms with E-state index in [1.165, 1.54) is 6.92 Å². The second kappa shape index (κ2) is 32.9. The molecule has 0 amide bonds. The van der Waals surface area contributed by atoms with Gasteiger partial charge in [0.25, 0.3) is 0 Å². The molecule has 0 aliphatic rings. The van der Waals surface area contributed by atoms with Crippen LogP contribution in [0.2, 0.25) is 0 Å². The fourth-order valence-corrected chi connectivity index (χ4v) is 3.81. The number of halogens is 6. The van der Waals surface area contributed by atoms with Crippen LogP contribution in [0.4, 0.5) is 0 Å². The van der Waals surface area contributed by atoms with Gasteiger partial charge in [-0.05, 0) is 38.1 Å². The van der Waals surface area contributed by atoms with Crippen LogP contribution in [0.1, 0.15) is 90.2 Å². The summed E-state index contributed by atoms with van der Waals surface area (Å²) in [7, 11) is 0.628. The third-order valence-electron chi connectivity index (χ3n) is 5.81. The Morgan fingerprint density at radius 3 is 1.29 bits per heavy atom. The van der Waals surface area contributed by atoms with E-state index in [0.29, 0.717) is 26.4 Å². The van der Waals surface area contributed by atoms with Gasteiger partial charge in [-0.2, -0.15) is 0 Å². The topological polar surface area (TPSA) is 94.1 Å². The molecule has 0 N–H and O–H groups in total. The van der Waals surface area contributed by atoms with Gasteiger partial charge in [0.1, 0.15) is 11.4 Å². The molecule has 6 nitrogen and oxygen atoms in total. The van der Waals surface area contributed by atoms with E-state index >= 15 is 0 Å². The van der Waals surface area contributed by atoms with Gasteiger partial charge in [-0.25, -0.2) is 0 Å². The number of rotatable bonds is 8. The molecule has 51 heavy (non-hydrogen) atoms. The van der Waals surface area contributed by atoms with E-state index in [-0.39, 0.29) is 56.8 Å². The number of alkyl halides is 1. The van der Waals surface area contributed by atoms with Gasteiger partial charge in [-0.1, -0.05) is 110 Å². The molecule has 14 heteroatoms. The number of nitrogens with zero attached hydrogens (tertiary/aromatic N) is 2. The standard InChI is InChI=1S/C17H17NO2.C10H11BrO.C7H7NO.CH4.2CH3.5HI.2V/c1-17(2,16(20)13-8-4-3-5-9-13)12-15(19)14-10-6-7-11-18-14;1-10(2,11)9(12)8-6-4-3-5-7-8;1-6(9)7-4-2-3-5-8-7;;;;;;;;;;/h3-11H,12H2,1-2H3;3-7H,1-2H3;2-5H,1H3;1H4;2*1H3;5*1H;;/q;;;;2*-1;;;;;;+2;+3/p-5. The van der Waals surface area contributed by atoms with E-state index in [1.54, 1.807) is 74.8 Å². The fraction of sp³-hybridized carbons (Fsp3) is 0.243. The van der Waals surface area contributed by atoms with Crippen molar-refractivity contribution in [1.29, 1.82) is 0 Å². The van der Waals surface area contributed by atoms with Crippen LogP contribution < -0.4 is 0 Å². The van der Waals surface area contributed by atoms with E-state index in [4.69, 9.17) is 0 Å². The van der Waals surface area contributed by atoms with Crippen molar-refractivity contribution in [3.8, 4) is 0 Å². The molecular weight excluding hydrogens is 1350 g/mol. The molecule has 281 valence electrons. The van der Waals surface area contributed by atoms with Gasteiger partial charge in [-0.15, -0.1) is 0 Å². The quantitative estimate of drug-likeness (QED) is 0.0755. The number of carbonyl (C=O) groups excluding carboxylic acids is 4. The number of ketones is 4. The average Bonchev–Trinajstić information content (AvgIpc) is 3.06. The molecule has 0 saturated carbocycles. The molecule has 0 aliphatic carbocycles. The van der Waals surface area contributed by atoms with Crippen LogP contribution >= 0.6 is 116 Å². The van der Waals surface area contributed by atoms with Crippen molar-refractivity contribution in [2.24, 2.45) is 5.41 Å². The van der Waals surface area contributed by atoms with Crippen LogP contribution in [0, 0.1) is 20.3 Å². The van der Waals surface area contributed by atoms with Crippen molar-refractivity contribution in [1.82, 2.24) is 9.97 Å². The number of aromatic nitrogens is 2. The summed E-state index contributed by atoms with van der Waals surface area (Å²) in [5.74, 6) is -0.0130. The SMILES string of the molecule is C.CC(=O)c1ccccn1.CC(C)(Br)C(=O)c1ccccc1.CC(C)(CC(=O)c1ccccn1)C(=O)c1ccccc1.[CH3-].[CH3-].[I][V]([I])[I].[I][V][I]. The van der Waals surface area contributed by atoms with Crippen molar-refractivity contribution < 1.29 is 33.6 Å². The molecule has 2 aromatic heterocycles. The van der Waals surface area contributed by atoms with Crippen LogP contribution in [0.25, 0.3) is 0 Å². The van der Waals surface area contributed by atoms with Gasteiger partial charge in [-0.3, -0.25) is 29.1 Å². The van der Waals surface area contributed by atoms with Gasteiger partial charge in [0.15, 0.2) is 23.1 Å². The van der Waals surface area contributed by atoms with E-state index in [2.05, 4.69) is 126 Å².